The first-order valence-electron chi connectivity index (χ1n) is 7.91. The Labute approximate surface area is 154 Å². The van der Waals surface area contributed by atoms with E-state index in [0.29, 0.717) is 17.8 Å². The lowest BCUT2D eigenvalue weighted by Crippen LogP contribution is -2.13. The molecule has 3 aromatic rings. The first-order valence-corrected chi connectivity index (χ1v) is 9.71. The molecule has 0 aliphatic heterocycles. The van der Waals surface area contributed by atoms with Crippen molar-refractivity contribution in [3.63, 3.8) is 0 Å². The van der Waals surface area contributed by atoms with Gasteiger partial charge in [0.15, 0.2) is 0 Å². The first-order chi connectivity index (χ1) is 12.1. The van der Waals surface area contributed by atoms with E-state index in [0.717, 1.165) is 20.9 Å². The summed E-state index contributed by atoms with van der Waals surface area (Å²) in [7, 11) is 0. The lowest BCUT2D eigenvalue weighted by Gasteiger charge is -2.09. The van der Waals surface area contributed by atoms with Crippen LogP contribution >= 0.6 is 23.1 Å². The molecule has 4 nitrogen and oxygen atoms in total. The molecule has 2 aromatic carbocycles. The van der Waals surface area contributed by atoms with Crippen LogP contribution in [-0.4, -0.2) is 16.2 Å². The highest BCUT2D eigenvalue weighted by Gasteiger charge is 2.13. The molecule has 1 amide bonds. The van der Waals surface area contributed by atoms with E-state index in [1.807, 2.05) is 55.5 Å². The fraction of sp³-hybridized carbons (Fsp3) is 0.158. The number of aromatic nitrogens is 1. The van der Waals surface area contributed by atoms with Crippen molar-refractivity contribution in [2.24, 2.45) is 0 Å². The van der Waals surface area contributed by atoms with Gasteiger partial charge in [0.2, 0.25) is 0 Å². The number of anilines is 1. The van der Waals surface area contributed by atoms with Crippen LogP contribution in [0, 0.1) is 0 Å². The van der Waals surface area contributed by atoms with Crippen LogP contribution in [0.2, 0.25) is 0 Å². The van der Waals surface area contributed by atoms with Gasteiger partial charge in [-0.25, -0.2) is 0 Å². The number of thiazole rings is 1. The molecule has 1 heterocycles. The van der Waals surface area contributed by atoms with Crippen LogP contribution in [-0.2, 0) is 6.54 Å². The Morgan fingerprint density at radius 2 is 2.12 bits per heavy atom. The van der Waals surface area contributed by atoms with E-state index in [2.05, 4.69) is 11.9 Å². The quantitative estimate of drug-likeness (QED) is 0.509. The van der Waals surface area contributed by atoms with Gasteiger partial charge < -0.3 is 5.32 Å². The number of benzene rings is 2. The Hall–Kier alpha value is -2.31. The topological polar surface area (TPSA) is 51.1 Å². The molecule has 1 aromatic heterocycles. The van der Waals surface area contributed by atoms with Crippen LogP contribution in [0.4, 0.5) is 5.69 Å². The maximum atomic E-state index is 12.6. The van der Waals surface area contributed by atoms with Gasteiger partial charge in [-0.3, -0.25) is 14.2 Å². The summed E-state index contributed by atoms with van der Waals surface area (Å²) < 4.78 is 2.60. The lowest BCUT2D eigenvalue weighted by molar-refractivity contribution is 0.102. The molecule has 0 saturated heterocycles. The van der Waals surface area contributed by atoms with Gasteiger partial charge in [0.1, 0.15) is 0 Å². The molecule has 25 heavy (non-hydrogen) atoms. The van der Waals surface area contributed by atoms with Crippen molar-refractivity contribution in [1.29, 1.82) is 0 Å². The molecule has 0 bridgehead atoms. The van der Waals surface area contributed by atoms with Crippen molar-refractivity contribution in [3.05, 3.63) is 70.4 Å². The number of carbonyl (C=O) groups is 1. The van der Waals surface area contributed by atoms with E-state index < -0.39 is 0 Å². The number of hydrogen-bond donors (Lipinski definition) is 1. The second-order valence-corrected chi connectivity index (χ2v) is 7.40. The predicted octanol–water partition coefficient (Wildman–Crippen LogP) is 4.61. The highest BCUT2D eigenvalue weighted by molar-refractivity contribution is 7.99. The molecule has 0 aliphatic carbocycles. The third kappa shape index (κ3) is 3.70. The highest BCUT2D eigenvalue weighted by Crippen LogP contribution is 2.25. The summed E-state index contributed by atoms with van der Waals surface area (Å²) in [5, 5.41) is 2.93. The van der Waals surface area contributed by atoms with Gasteiger partial charge in [-0.15, -0.1) is 18.3 Å². The summed E-state index contributed by atoms with van der Waals surface area (Å²) in [6.07, 6.45) is 1.81. The molecule has 0 spiro atoms. The summed E-state index contributed by atoms with van der Waals surface area (Å²) in [5.41, 5.74) is 2.22. The molecule has 0 atom stereocenters. The van der Waals surface area contributed by atoms with Gasteiger partial charge in [0.05, 0.1) is 15.8 Å². The summed E-state index contributed by atoms with van der Waals surface area (Å²) >= 11 is 2.77. The van der Waals surface area contributed by atoms with Crippen LogP contribution in [0.5, 0.6) is 0 Å². The minimum atomic E-state index is -0.159. The number of nitrogens with zero attached hydrogens (tertiary/aromatic N) is 1. The van der Waals surface area contributed by atoms with Gasteiger partial charge in [-0.1, -0.05) is 29.5 Å². The third-order valence-corrected chi connectivity index (χ3v) is 5.74. The van der Waals surface area contributed by atoms with E-state index in [1.165, 1.54) is 11.3 Å². The van der Waals surface area contributed by atoms with Crippen molar-refractivity contribution in [2.45, 2.75) is 18.4 Å². The average molecular weight is 370 g/mol. The summed E-state index contributed by atoms with van der Waals surface area (Å²) in [6, 6.07) is 13.1. The minimum absolute atomic E-state index is 0.0205. The molecule has 128 valence electrons. The zero-order chi connectivity index (χ0) is 17.8. The smallest absolute Gasteiger partial charge is 0.308 e. The molecular formula is C19H18N2O2S2. The lowest BCUT2D eigenvalue weighted by atomic mass is 10.2. The van der Waals surface area contributed by atoms with Gasteiger partial charge >= 0.3 is 4.87 Å². The van der Waals surface area contributed by atoms with Gasteiger partial charge in [-0.05, 0) is 37.3 Å². The second kappa shape index (κ2) is 7.72. The molecular weight excluding hydrogens is 352 g/mol. The maximum absolute atomic E-state index is 12.6. The number of hydrogen-bond acceptors (Lipinski definition) is 4. The SMILES string of the molecule is C=CCSc1ccccc1C(=O)Nc1ccc2c(c1)sc(=O)n2CC. The molecule has 0 saturated carbocycles. The fourth-order valence-electron chi connectivity index (χ4n) is 2.57. The predicted molar refractivity (Wildman–Crippen MR) is 107 cm³/mol. The van der Waals surface area contributed by atoms with Crippen LogP contribution in [0.3, 0.4) is 0 Å². The Kier molecular flexibility index (Phi) is 5.40. The maximum Gasteiger partial charge on any atom is 0.308 e. The summed E-state index contributed by atoms with van der Waals surface area (Å²) in [4.78, 5) is 25.5. The van der Waals surface area contributed by atoms with Crippen molar-refractivity contribution in [3.8, 4) is 0 Å². The number of aryl methyl sites for hydroxylation is 1. The molecule has 0 radical (unpaired) electrons. The monoisotopic (exact) mass is 370 g/mol. The number of rotatable bonds is 6. The zero-order valence-electron chi connectivity index (χ0n) is 13.8. The molecule has 0 unspecified atom stereocenters. The van der Waals surface area contributed by atoms with Crippen molar-refractivity contribution >= 4 is 44.9 Å². The molecule has 6 heteroatoms. The standard InChI is InChI=1S/C19H18N2O2S2/c1-3-11-24-16-8-6-5-7-14(16)18(22)20-13-9-10-15-17(12-13)25-19(23)21(15)4-2/h3,5-10,12H,1,4,11H2,2H3,(H,20,22). The summed E-state index contributed by atoms with van der Waals surface area (Å²) in [6.45, 7) is 6.30. The number of nitrogens with one attached hydrogen (secondary N) is 1. The van der Waals surface area contributed by atoms with E-state index in [1.54, 1.807) is 16.3 Å². The average Bonchev–Trinajstić information content (AvgIpc) is 2.94. The van der Waals surface area contributed by atoms with Crippen LogP contribution in [0.15, 0.2) is 64.8 Å². The fourth-order valence-corrected chi connectivity index (χ4v) is 4.35. The van der Waals surface area contributed by atoms with E-state index in [9.17, 15) is 9.59 Å². The molecule has 3 rings (SSSR count). The van der Waals surface area contributed by atoms with Gasteiger partial charge in [-0.2, -0.15) is 0 Å². The van der Waals surface area contributed by atoms with E-state index in [4.69, 9.17) is 0 Å². The van der Waals surface area contributed by atoms with Crippen LogP contribution in [0.25, 0.3) is 10.2 Å². The number of thioether (sulfide) groups is 1. The van der Waals surface area contributed by atoms with E-state index >= 15 is 0 Å². The number of amides is 1. The number of fused-ring (bicyclic) bond motifs is 1. The highest BCUT2D eigenvalue weighted by atomic mass is 32.2. The van der Waals surface area contributed by atoms with Gasteiger partial charge in [0, 0.05) is 22.9 Å². The minimum Gasteiger partial charge on any atom is -0.322 e. The third-order valence-electron chi connectivity index (χ3n) is 3.73. The largest absolute Gasteiger partial charge is 0.322 e. The van der Waals surface area contributed by atoms with Crippen LogP contribution in [0.1, 0.15) is 17.3 Å². The zero-order valence-corrected chi connectivity index (χ0v) is 15.5. The number of carbonyl (C=O) groups excluding carboxylic acids is 1. The molecule has 1 N–H and O–H groups in total. The Morgan fingerprint density at radius 1 is 1.32 bits per heavy atom. The Morgan fingerprint density at radius 3 is 2.88 bits per heavy atom. The Balaban J connectivity index is 1.87. The van der Waals surface area contributed by atoms with E-state index in [-0.39, 0.29) is 10.8 Å². The molecule has 0 aliphatic rings. The van der Waals surface area contributed by atoms with Crippen LogP contribution < -0.4 is 10.2 Å². The molecule has 0 fully saturated rings. The first kappa shape index (κ1) is 17.5. The second-order valence-electron chi connectivity index (χ2n) is 5.34. The summed E-state index contributed by atoms with van der Waals surface area (Å²) in [5.74, 6) is 0.586. The normalized spacial score (nSPS) is 10.8. The van der Waals surface area contributed by atoms with Gasteiger partial charge in [0.25, 0.3) is 5.91 Å². The van der Waals surface area contributed by atoms with Crippen molar-refractivity contribution in [1.82, 2.24) is 4.57 Å². The van der Waals surface area contributed by atoms with Crippen molar-refractivity contribution in [2.75, 3.05) is 11.1 Å². The van der Waals surface area contributed by atoms with Crippen molar-refractivity contribution < 1.29 is 4.79 Å². The Bertz CT molecular complexity index is 988.